The standard InChI is InChI=1S/C25H36O4/c1-14(2)13-20-25(27)17(5)18-8-7-16(4)21(18)22(26)23(25)24(6,29-20)11-9-19-15(3)10-12-28-19/h10,12-13,16-18,20-21,23,27H,7-9,11H2,1-6H3/t16-,17-,18-,20+,21+,23-,24-,25-/m0/s1. The van der Waals surface area contributed by atoms with Crippen LogP contribution in [0.4, 0.5) is 0 Å². The van der Waals surface area contributed by atoms with Gasteiger partial charge in [-0.05, 0) is 76.3 Å². The number of Topliss-reactive ketones (excluding diaryl/α,β-unsaturated/α-hetero) is 1. The fraction of sp³-hybridized carbons (Fsp3) is 0.720. The molecule has 2 aliphatic carbocycles. The summed E-state index contributed by atoms with van der Waals surface area (Å²) >= 11 is 0. The summed E-state index contributed by atoms with van der Waals surface area (Å²) in [5, 5.41) is 12.1. The molecule has 1 aromatic heterocycles. The Kier molecular flexibility index (Phi) is 5.10. The number of aryl methyl sites for hydroxylation is 2. The lowest BCUT2D eigenvalue weighted by atomic mass is 9.55. The average Bonchev–Trinajstić information content (AvgIpc) is 3.28. The summed E-state index contributed by atoms with van der Waals surface area (Å²) in [5.74, 6) is 1.39. The molecule has 2 heterocycles. The first-order valence-electron chi connectivity index (χ1n) is 11.2. The normalized spacial score (nSPS) is 43.9. The Morgan fingerprint density at radius 1 is 1.31 bits per heavy atom. The molecule has 1 aliphatic heterocycles. The van der Waals surface area contributed by atoms with E-state index in [0.29, 0.717) is 18.8 Å². The molecule has 160 valence electrons. The fourth-order valence-corrected chi connectivity index (χ4v) is 6.68. The van der Waals surface area contributed by atoms with Crippen LogP contribution in [0.15, 0.2) is 28.4 Å². The van der Waals surface area contributed by atoms with Crippen LogP contribution in [0.2, 0.25) is 0 Å². The zero-order valence-corrected chi connectivity index (χ0v) is 18.7. The molecule has 4 nitrogen and oxygen atoms in total. The highest BCUT2D eigenvalue weighted by molar-refractivity contribution is 5.88. The Balaban J connectivity index is 1.74. The highest BCUT2D eigenvalue weighted by atomic mass is 16.5. The van der Waals surface area contributed by atoms with Gasteiger partial charge in [0.1, 0.15) is 23.2 Å². The second kappa shape index (κ2) is 7.09. The summed E-state index contributed by atoms with van der Waals surface area (Å²) in [6, 6.07) is 1.97. The highest BCUT2D eigenvalue weighted by Gasteiger charge is 2.71. The minimum atomic E-state index is -1.15. The maximum absolute atomic E-state index is 13.8. The molecule has 4 heteroatoms. The minimum absolute atomic E-state index is 0.0351. The van der Waals surface area contributed by atoms with Gasteiger partial charge in [-0.15, -0.1) is 0 Å². The van der Waals surface area contributed by atoms with Crippen LogP contribution in [0.1, 0.15) is 65.2 Å². The van der Waals surface area contributed by atoms with Crippen LogP contribution in [0.25, 0.3) is 0 Å². The van der Waals surface area contributed by atoms with Crippen molar-refractivity contribution in [3.05, 3.63) is 35.3 Å². The number of carbonyl (C=O) groups excluding carboxylic acids is 1. The molecule has 0 radical (unpaired) electrons. The Morgan fingerprint density at radius 3 is 2.66 bits per heavy atom. The van der Waals surface area contributed by atoms with E-state index in [0.717, 1.165) is 29.7 Å². The van der Waals surface area contributed by atoms with Crippen LogP contribution < -0.4 is 0 Å². The van der Waals surface area contributed by atoms with Crippen LogP contribution >= 0.6 is 0 Å². The second-order valence-electron chi connectivity index (χ2n) is 10.4. The number of fused-ring (bicyclic) bond motifs is 2. The second-order valence-corrected chi connectivity index (χ2v) is 10.4. The van der Waals surface area contributed by atoms with Crippen molar-refractivity contribution >= 4 is 5.78 Å². The van der Waals surface area contributed by atoms with Crippen LogP contribution in [0.3, 0.4) is 0 Å². The van der Waals surface area contributed by atoms with Gasteiger partial charge in [0.25, 0.3) is 0 Å². The summed E-state index contributed by atoms with van der Waals surface area (Å²) in [7, 11) is 0. The molecule has 2 saturated carbocycles. The molecule has 29 heavy (non-hydrogen) atoms. The molecule has 0 aromatic carbocycles. The Bertz CT molecular complexity index is 819. The number of carbonyl (C=O) groups is 1. The van der Waals surface area contributed by atoms with E-state index in [1.807, 2.05) is 39.8 Å². The van der Waals surface area contributed by atoms with Gasteiger partial charge < -0.3 is 14.3 Å². The molecule has 3 fully saturated rings. The van der Waals surface area contributed by atoms with E-state index in [2.05, 4.69) is 13.8 Å². The molecule has 3 aliphatic rings. The number of aliphatic hydroxyl groups is 1. The first-order chi connectivity index (χ1) is 13.6. The van der Waals surface area contributed by atoms with Crippen LogP contribution in [-0.4, -0.2) is 28.2 Å². The van der Waals surface area contributed by atoms with Gasteiger partial charge in [0, 0.05) is 12.3 Å². The molecule has 1 saturated heterocycles. The Morgan fingerprint density at radius 2 is 2.03 bits per heavy atom. The van der Waals surface area contributed by atoms with Crippen LogP contribution in [0.5, 0.6) is 0 Å². The van der Waals surface area contributed by atoms with E-state index in [-0.39, 0.29) is 23.5 Å². The van der Waals surface area contributed by atoms with E-state index in [1.54, 1.807) is 6.26 Å². The van der Waals surface area contributed by atoms with Crippen molar-refractivity contribution in [1.82, 2.24) is 0 Å². The zero-order valence-electron chi connectivity index (χ0n) is 18.7. The third-order valence-electron chi connectivity index (χ3n) is 8.24. The van der Waals surface area contributed by atoms with E-state index < -0.39 is 23.2 Å². The predicted octanol–water partition coefficient (Wildman–Crippen LogP) is 4.87. The Labute approximate surface area is 174 Å². The van der Waals surface area contributed by atoms with Gasteiger partial charge in [-0.3, -0.25) is 4.79 Å². The SMILES string of the molecule is CC(C)=C[C@H]1O[C@@](C)(CCc2occc2C)[C@@H]2C(=O)[C@H]3[C@@H](CC[C@@H]3C)[C@H](C)[C@@]21O. The number of furan rings is 1. The maximum atomic E-state index is 13.8. The minimum Gasteiger partial charge on any atom is -0.469 e. The maximum Gasteiger partial charge on any atom is 0.145 e. The van der Waals surface area contributed by atoms with Crippen molar-refractivity contribution in [3.63, 3.8) is 0 Å². The third kappa shape index (κ3) is 3.06. The average molecular weight is 401 g/mol. The number of ketones is 1. The summed E-state index contributed by atoms with van der Waals surface area (Å²) < 4.78 is 12.2. The van der Waals surface area contributed by atoms with Gasteiger partial charge in [-0.1, -0.05) is 25.5 Å². The first-order valence-corrected chi connectivity index (χ1v) is 11.2. The van der Waals surface area contributed by atoms with Gasteiger partial charge in [-0.2, -0.15) is 0 Å². The van der Waals surface area contributed by atoms with Crippen molar-refractivity contribution < 1.29 is 19.1 Å². The summed E-state index contributed by atoms with van der Waals surface area (Å²) in [6.45, 7) is 12.5. The van der Waals surface area contributed by atoms with E-state index >= 15 is 0 Å². The van der Waals surface area contributed by atoms with Gasteiger partial charge in [0.05, 0.1) is 17.8 Å². The van der Waals surface area contributed by atoms with Gasteiger partial charge in [0.2, 0.25) is 0 Å². The zero-order chi connectivity index (χ0) is 21.1. The molecular weight excluding hydrogens is 364 g/mol. The monoisotopic (exact) mass is 400 g/mol. The number of hydrogen-bond donors (Lipinski definition) is 1. The molecule has 4 rings (SSSR count). The smallest absolute Gasteiger partial charge is 0.145 e. The van der Waals surface area contributed by atoms with Crippen molar-refractivity contribution in [2.45, 2.75) is 84.5 Å². The fourth-order valence-electron chi connectivity index (χ4n) is 6.68. The van der Waals surface area contributed by atoms with Crippen LogP contribution in [0, 0.1) is 36.5 Å². The summed E-state index contributed by atoms with van der Waals surface area (Å²) in [4.78, 5) is 13.8. The van der Waals surface area contributed by atoms with Crippen molar-refractivity contribution in [2.75, 3.05) is 0 Å². The molecule has 0 amide bonds. The predicted molar refractivity (Wildman–Crippen MR) is 112 cm³/mol. The molecule has 1 N–H and O–H groups in total. The lowest BCUT2D eigenvalue weighted by Gasteiger charge is -2.49. The highest BCUT2D eigenvalue weighted by Crippen LogP contribution is 2.60. The number of allylic oxidation sites excluding steroid dienone is 1. The van der Waals surface area contributed by atoms with E-state index in [9.17, 15) is 9.90 Å². The number of ether oxygens (including phenoxy) is 1. The topological polar surface area (TPSA) is 59.7 Å². The summed E-state index contributed by atoms with van der Waals surface area (Å²) in [6.07, 6.45) is 6.75. The molecule has 0 spiro atoms. The van der Waals surface area contributed by atoms with Crippen molar-refractivity contribution in [3.8, 4) is 0 Å². The Hall–Kier alpha value is -1.39. The summed E-state index contributed by atoms with van der Waals surface area (Å²) in [5.41, 5.74) is 0.376. The van der Waals surface area contributed by atoms with Crippen molar-refractivity contribution in [2.24, 2.45) is 29.6 Å². The molecule has 1 aromatic rings. The largest absolute Gasteiger partial charge is 0.469 e. The van der Waals surface area contributed by atoms with E-state index in [4.69, 9.17) is 9.15 Å². The van der Waals surface area contributed by atoms with Crippen LogP contribution in [-0.2, 0) is 16.0 Å². The molecule has 0 bridgehead atoms. The molecule has 0 unspecified atom stereocenters. The molecular formula is C25H36O4. The lowest BCUT2D eigenvalue weighted by Crippen LogP contribution is -2.62. The lowest BCUT2D eigenvalue weighted by molar-refractivity contribution is -0.161. The molecule has 8 atom stereocenters. The number of rotatable bonds is 4. The van der Waals surface area contributed by atoms with Crippen molar-refractivity contribution in [1.29, 1.82) is 0 Å². The number of hydrogen-bond acceptors (Lipinski definition) is 4. The first kappa shape index (κ1) is 20.9. The third-order valence-corrected chi connectivity index (χ3v) is 8.24. The quantitative estimate of drug-likeness (QED) is 0.732. The van der Waals surface area contributed by atoms with Gasteiger partial charge in [-0.25, -0.2) is 0 Å². The van der Waals surface area contributed by atoms with Gasteiger partial charge in [0.15, 0.2) is 0 Å². The van der Waals surface area contributed by atoms with Gasteiger partial charge >= 0.3 is 0 Å². The van der Waals surface area contributed by atoms with E-state index in [1.165, 1.54) is 0 Å².